The Morgan fingerprint density at radius 2 is 2.60 bits per heavy atom. The van der Waals surface area contributed by atoms with Gasteiger partial charge < -0.3 is 4.74 Å². The number of esters is 1. The van der Waals surface area contributed by atoms with E-state index in [1.54, 1.807) is 0 Å². The molecular formula is C8H12O2. The number of hydrogen-bond donors (Lipinski definition) is 0. The van der Waals surface area contributed by atoms with E-state index in [0.717, 1.165) is 12.8 Å². The average Bonchev–Trinajstić information content (AvgIpc) is 2.31. The molecule has 2 heteroatoms. The SMILES string of the molecule is C/C=C/CC1CCOC1=O. The molecule has 2 nitrogen and oxygen atoms in total. The minimum atomic E-state index is -0.0295. The molecule has 0 amide bonds. The Labute approximate surface area is 60.9 Å². The number of allylic oxidation sites excluding steroid dienone is 2. The topological polar surface area (TPSA) is 26.3 Å². The second-order valence-electron chi connectivity index (χ2n) is 2.46. The van der Waals surface area contributed by atoms with Gasteiger partial charge in [-0.3, -0.25) is 4.79 Å². The van der Waals surface area contributed by atoms with E-state index >= 15 is 0 Å². The van der Waals surface area contributed by atoms with Crippen LogP contribution in [0.15, 0.2) is 12.2 Å². The van der Waals surface area contributed by atoms with Gasteiger partial charge in [0.1, 0.15) is 0 Å². The van der Waals surface area contributed by atoms with Crippen molar-refractivity contribution in [1.82, 2.24) is 0 Å². The third-order valence-electron chi connectivity index (χ3n) is 1.70. The lowest BCUT2D eigenvalue weighted by Gasteiger charge is -1.97. The summed E-state index contributed by atoms with van der Waals surface area (Å²) >= 11 is 0. The molecule has 1 fully saturated rings. The van der Waals surface area contributed by atoms with E-state index in [9.17, 15) is 4.79 Å². The van der Waals surface area contributed by atoms with Crippen LogP contribution in [0, 0.1) is 5.92 Å². The normalized spacial score (nSPS) is 25.7. The van der Waals surface area contributed by atoms with Crippen LogP contribution in [0.3, 0.4) is 0 Å². The standard InChI is InChI=1S/C8H12O2/c1-2-3-4-7-5-6-10-8(7)9/h2-3,7H,4-6H2,1H3/b3-2+. The van der Waals surface area contributed by atoms with Crippen LogP contribution < -0.4 is 0 Å². The molecule has 0 aromatic rings. The Kier molecular flexibility index (Phi) is 2.49. The predicted molar refractivity (Wildman–Crippen MR) is 38.5 cm³/mol. The van der Waals surface area contributed by atoms with Gasteiger partial charge in [-0.2, -0.15) is 0 Å². The first-order chi connectivity index (χ1) is 4.84. The molecule has 0 aliphatic carbocycles. The van der Waals surface area contributed by atoms with Gasteiger partial charge in [0.05, 0.1) is 12.5 Å². The molecule has 0 bridgehead atoms. The first-order valence-corrected chi connectivity index (χ1v) is 3.62. The molecule has 10 heavy (non-hydrogen) atoms. The predicted octanol–water partition coefficient (Wildman–Crippen LogP) is 1.52. The van der Waals surface area contributed by atoms with Crippen LogP contribution in [0.5, 0.6) is 0 Å². The second kappa shape index (κ2) is 3.40. The molecule has 1 aliphatic heterocycles. The van der Waals surface area contributed by atoms with Gasteiger partial charge in [0.25, 0.3) is 0 Å². The summed E-state index contributed by atoms with van der Waals surface area (Å²) in [6.07, 6.45) is 5.71. The van der Waals surface area contributed by atoms with Gasteiger partial charge in [0.15, 0.2) is 0 Å². The fourth-order valence-corrected chi connectivity index (χ4v) is 1.05. The molecule has 1 saturated heterocycles. The summed E-state index contributed by atoms with van der Waals surface area (Å²) in [5, 5.41) is 0. The lowest BCUT2D eigenvalue weighted by Crippen LogP contribution is -2.05. The van der Waals surface area contributed by atoms with Crippen LogP contribution >= 0.6 is 0 Å². The number of ether oxygens (including phenoxy) is 1. The number of rotatable bonds is 2. The van der Waals surface area contributed by atoms with Crippen molar-refractivity contribution in [3.63, 3.8) is 0 Å². The third-order valence-corrected chi connectivity index (χ3v) is 1.70. The Bertz CT molecular complexity index is 149. The molecule has 1 heterocycles. The van der Waals surface area contributed by atoms with Gasteiger partial charge in [0, 0.05) is 0 Å². The zero-order chi connectivity index (χ0) is 7.40. The highest BCUT2D eigenvalue weighted by molar-refractivity contribution is 5.74. The highest BCUT2D eigenvalue weighted by Crippen LogP contribution is 2.17. The first-order valence-electron chi connectivity index (χ1n) is 3.62. The number of hydrogen-bond acceptors (Lipinski definition) is 2. The van der Waals surface area contributed by atoms with E-state index in [4.69, 9.17) is 4.74 Å². The van der Waals surface area contributed by atoms with Crippen molar-refractivity contribution in [3.05, 3.63) is 12.2 Å². The largest absolute Gasteiger partial charge is 0.465 e. The Morgan fingerprint density at radius 3 is 3.10 bits per heavy atom. The molecule has 56 valence electrons. The molecule has 1 unspecified atom stereocenters. The van der Waals surface area contributed by atoms with Crippen LogP contribution in [-0.2, 0) is 9.53 Å². The summed E-state index contributed by atoms with van der Waals surface area (Å²) in [6, 6.07) is 0. The summed E-state index contributed by atoms with van der Waals surface area (Å²) in [6.45, 7) is 2.57. The smallest absolute Gasteiger partial charge is 0.309 e. The minimum Gasteiger partial charge on any atom is -0.465 e. The molecule has 0 aromatic carbocycles. The lowest BCUT2D eigenvalue weighted by molar-refractivity contribution is -0.141. The van der Waals surface area contributed by atoms with Crippen LogP contribution in [0.1, 0.15) is 19.8 Å². The van der Waals surface area contributed by atoms with E-state index in [0.29, 0.717) is 6.61 Å². The molecule has 0 saturated carbocycles. The van der Waals surface area contributed by atoms with Crippen molar-refractivity contribution in [2.45, 2.75) is 19.8 Å². The monoisotopic (exact) mass is 140 g/mol. The fourth-order valence-electron chi connectivity index (χ4n) is 1.05. The number of cyclic esters (lactones) is 1. The maximum absolute atomic E-state index is 10.8. The minimum absolute atomic E-state index is 0.0295. The molecule has 0 N–H and O–H groups in total. The van der Waals surface area contributed by atoms with E-state index in [1.807, 2.05) is 19.1 Å². The van der Waals surface area contributed by atoms with Crippen LogP contribution in [0.2, 0.25) is 0 Å². The quantitative estimate of drug-likeness (QED) is 0.429. The lowest BCUT2D eigenvalue weighted by atomic mass is 10.0. The molecule has 0 radical (unpaired) electrons. The highest BCUT2D eigenvalue weighted by atomic mass is 16.5. The van der Waals surface area contributed by atoms with Crippen molar-refractivity contribution in [2.24, 2.45) is 5.92 Å². The number of carbonyl (C=O) groups is 1. The van der Waals surface area contributed by atoms with Crippen molar-refractivity contribution in [2.75, 3.05) is 6.61 Å². The first kappa shape index (κ1) is 7.32. The molecule has 1 rings (SSSR count). The Hall–Kier alpha value is -0.790. The van der Waals surface area contributed by atoms with E-state index < -0.39 is 0 Å². The molecule has 1 aliphatic rings. The van der Waals surface area contributed by atoms with Crippen LogP contribution in [0.25, 0.3) is 0 Å². The van der Waals surface area contributed by atoms with Gasteiger partial charge >= 0.3 is 5.97 Å². The molecule has 0 spiro atoms. The van der Waals surface area contributed by atoms with Crippen molar-refractivity contribution in [1.29, 1.82) is 0 Å². The van der Waals surface area contributed by atoms with Gasteiger partial charge in [-0.05, 0) is 19.8 Å². The van der Waals surface area contributed by atoms with Gasteiger partial charge in [-0.1, -0.05) is 12.2 Å². The van der Waals surface area contributed by atoms with Crippen molar-refractivity contribution in [3.8, 4) is 0 Å². The molecule has 0 aromatic heterocycles. The van der Waals surface area contributed by atoms with Gasteiger partial charge in [-0.15, -0.1) is 0 Å². The maximum Gasteiger partial charge on any atom is 0.309 e. The van der Waals surface area contributed by atoms with Crippen molar-refractivity contribution >= 4 is 5.97 Å². The summed E-state index contributed by atoms with van der Waals surface area (Å²) in [7, 11) is 0. The van der Waals surface area contributed by atoms with E-state index in [1.165, 1.54) is 0 Å². The Balaban J connectivity index is 2.33. The molecule has 1 atom stereocenters. The number of carbonyl (C=O) groups excluding carboxylic acids is 1. The van der Waals surface area contributed by atoms with Crippen LogP contribution in [-0.4, -0.2) is 12.6 Å². The van der Waals surface area contributed by atoms with E-state index in [2.05, 4.69) is 0 Å². The second-order valence-corrected chi connectivity index (χ2v) is 2.46. The summed E-state index contributed by atoms with van der Waals surface area (Å²) in [4.78, 5) is 10.8. The highest BCUT2D eigenvalue weighted by Gasteiger charge is 2.24. The average molecular weight is 140 g/mol. The van der Waals surface area contributed by atoms with Crippen LogP contribution in [0.4, 0.5) is 0 Å². The van der Waals surface area contributed by atoms with E-state index in [-0.39, 0.29) is 11.9 Å². The fraction of sp³-hybridized carbons (Fsp3) is 0.625. The summed E-state index contributed by atoms with van der Waals surface area (Å²) < 4.78 is 4.79. The molecular weight excluding hydrogens is 128 g/mol. The summed E-state index contributed by atoms with van der Waals surface area (Å²) in [5.41, 5.74) is 0. The van der Waals surface area contributed by atoms with Gasteiger partial charge in [-0.25, -0.2) is 0 Å². The third kappa shape index (κ3) is 1.59. The Morgan fingerprint density at radius 1 is 1.80 bits per heavy atom. The summed E-state index contributed by atoms with van der Waals surface area (Å²) in [5.74, 6) is 0.106. The van der Waals surface area contributed by atoms with Crippen molar-refractivity contribution < 1.29 is 9.53 Å². The zero-order valence-corrected chi connectivity index (χ0v) is 6.17. The van der Waals surface area contributed by atoms with Gasteiger partial charge in [0.2, 0.25) is 0 Å². The zero-order valence-electron chi connectivity index (χ0n) is 6.17. The maximum atomic E-state index is 10.8.